The minimum Gasteiger partial charge on any atom is -0.364 e. The lowest BCUT2D eigenvalue weighted by Crippen LogP contribution is -2.49. The number of aryl methyl sites for hydroxylation is 1. The first-order chi connectivity index (χ1) is 12.6. The lowest BCUT2D eigenvalue weighted by Gasteiger charge is -2.39. The number of carbonyl (C=O) groups is 2. The molecule has 2 aromatic heterocycles. The van der Waals surface area contributed by atoms with Gasteiger partial charge in [0.2, 0.25) is 5.91 Å². The van der Waals surface area contributed by atoms with Crippen LogP contribution in [0.15, 0.2) is 35.3 Å². The van der Waals surface area contributed by atoms with Crippen LogP contribution >= 0.6 is 0 Å². The number of pyridine rings is 1. The normalized spacial score (nSPS) is 23.0. The number of likely N-dealkylation sites (tertiary alicyclic amines) is 2. The zero-order valence-corrected chi connectivity index (χ0v) is 14.9. The highest BCUT2D eigenvalue weighted by atomic mass is 16.5. The van der Waals surface area contributed by atoms with E-state index < -0.39 is 5.41 Å². The fourth-order valence-electron chi connectivity index (χ4n) is 4.10. The molecule has 0 bridgehead atoms. The second-order valence-electron chi connectivity index (χ2n) is 7.26. The van der Waals surface area contributed by atoms with Gasteiger partial charge in [-0.3, -0.25) is 14.6 Å². The number of hydrogen-bond donors (Lipinski definition) is 0. The summed E-state index contributed by atoms with van der Waals surface area (Å²) in [6.07, 6.45) is 7.35. The minimum atomic E-state index is -0.452. The van der Waals surface area contributed by atoms with Crippen LogP contribution in [0.3, 0.4) is 0 Å². The predicted molar refractivity (Wildman–Crippen MR) is 93.1 cm³/mol. The summed E-state index contributed by atoms with van der Waals surface area (Å²) in [4.78, 5) is 33.7. The molecule has 1 atom stereocenters. The minimum absolute atomic E-state index is 0.0943. The van der Waals surface area contributed by atoms with E-state index in [2.05, 4.69) is 10.1 Å². The highest BCUT2D eigenvalue weighted by Gasteiger charge is 2.49. The van der Waals surface area contributed by atoms with Gasteiger partial charge >= 0.3 is 0 Å². The average Bonchev–Trinajstić information content (AvgIpc) is 3.21. The highest BCUT2D eigenvalue weighted by molar-refractivity contribution is 5.95. The molecule has 2 saturated heterocycles. The summed E-state index contributed by atoms with van der Waals surface area (Å²) in [7, 11) is 0. The molecule has 0 saturated carbocycles. The van der Waals surface area contributed by atoms with Crippen LogP contribution in [0.5, 0.6) is 0 Å². The second kappa shape index (κ2) is 6.55. The highest BCUT2D eigenvalue weighted by Crippen LogP contribution is 2.41. The van der Waals surface area contributed by atoms with Crippen LogP contribution in [0, 0.1) is 12.3 Å². The molecule has 136 valence electrons. The Hall–Kier alpha value is -2.70. The Balaban J connectivity index is 1.49. The maximum Gasteiger partial charge on any atom is 0.259 e. The number of hydrogen-bond acceptors (Lipinski definition) is 5. The Morgan fingerprint density at radius 1 is 1.27 bits per heavy atom. The van der Waals surface area contributed by atoms with E-state index in [0.717, 1.165) is 31.4 Å². The van der Waals surface area contributed by atoms with Crippen molar-refractivity contribution in [2.24, 2.45) is 5.41 Å². The first-order valence-corrected chi connectivity index (χ1v) is 8.98. The maximum absolute atomic E-state index is 13.1. The number of rotatable bonds is 3. The van der Waals surface area contributed by atoms with E-state index in [0.29, 0.717) is 30.9 Å². The summed E-state index contributed by atoms with van der Waals surface area (Å²) in [5, 5.41) is 3.79. The van der Waals surface area contributed by atoms with E-state index in [1.165, 1.54) is 6.26 Å². The van der Waals surface area contributed by atoms with E-state index in [1.807, 2.05) is 17.0 Å². The largest absolute Gasteiger partial charge is 0.364 e. The fourth-order valence-corrected chi connectivity index (χ4v) is 4.10. The predicted octanol–water partition coefficient (Wildman–Crippen LogP) is 2.03. The number of nitrogens with zero attached hydrogens (tertiary/aromatic N) is 4. The van der Waals surface area contributed by atoms with Crippen LogP contribution in [0.2, 0.25) is 0 Å². The summed E-state index contributed by atoms with van der Waals surface area (Å²) in [6.45, 7) is 4.23. The van der Waals surface area contributed by atoms with Gasteiger partial charge in [0.15, 0.2) is 0 Å². The summed E-state index contributed by atoms with van der Waals surface area (Å²) in [5.41, 5.74) is 1.70. The molecule has 7 nitrogen and oxygen atoms in total. The molecule has 4 heterocycles. The lowest BCUT2D eigenvalue weighted by molar-refractivity contribution is -0.138. The van der Waals surface area contributed by atoms with Gasteiger partial charge in [0.25, 0.3) is 5.91 Å². The second-order valence-corrected chi connectivity index (χ2v) is 7.26. The van der Waals surface area contributed by atoms with Gasteiger partial charge in [0.1, 0.15) is 11.8 Å². The molecule has 0 aliphatic carbocycles. The third kappa shape index (κ3) is 2.87. The quantitative estimate of drug-likeness (QED) is 0.843. The van der Waals surface area contributed by atoms with Crippen molar-refractivity contribution in [3.63, 3.8) is 0 Å². The Labute approximate surface area is 152 Å². The van der Waals surface area contributed by atoms with Gasteiger partial charge in [-0.05, 0) is 43.9 Å². The Bertz CT molecular complexity index is 819. The van der Waals surface area contributed by atoms with Crippen molar-refractivity contribution >= 4 is 11.8 Å². The Kier molecular flexibility index (Phi) is 4.22. The van der Waals surface area contributed by atoms with Gasteiger partial charge in [0, 0.05) is 38.6 Å². The van der Waals surface area contributed by atoms with Gasteiger partial charge in [-0.1, -0.05) is 5.16 Å². The molecular formula is C19H22N4O3. The van der Waals surface area contributed by atoms with Crippen LogP contribution in [0.1, 0.15) is 40.9 Å². The third-order valence-electron chi connectivity index (χ3n) is 5.57. The van der Waals surface area contributed by atoms with Gasteiger partial charge in [-0.2, -0.15) is 0 Å². The summed E-state index contributed by atoms with van der Waals surface area (Å²) < 4.78 is 4.90. The van der Waals surface area contributed by atoms with Crippen molar-refractivity contribution in [2.75, 3.05) is 19.6 Å². The number of amides is 2. The molecule has 2 aliphatic rings. The van der Waals surface area contributed by atoms with E-state index in [9.17, 15) is 9.59 Å². The topological polar surface area (TPSA) is 79.5 Å². The molecule has 2 aliphatic heterocycles. The molecular weight excluding hydrogens is 332 g/mol. The molecule has 0 aromatic carbocycles. The van der Waals surface area contributed by atoms with Crippen molar-refractivity contribution in [3.8, 4) is 0 Å². The third-order valence-corrected chi connectivity index (χ3v) is 5.57. The SMILES string of the molecule is Cc1nocc1C(=O)N1CCC[C@@]2(CCN(Cc3ccncc3)C2=O)C1. The van der Waals surface area contributed by atoms with Gasteiger partial charge in [0.05, 0.1) is 11.1 Å². The molecule has 2 amide bonds. The van der Waals surface area contributed by atoms with Gasteiger partial charge in [-0.15, -0.1) is 0 Å². The number of carbonyl (C=O) groups excluding carboxylic acids is 2. The van der Waals surface area contributed by atoms with Crippen molar-refractivity contribution < 1.29 is 14.1 Å². The standard InChI is InChI=1S/C19H22N4O3/c1-14-16(12-26-21-14)17(24)23-9-2-5-19(13-23)6-10-22(18(19)25)11-15-3-7-20-8-4-15/h3-4,7-8,12H,2,5-6,9-11,13H2,1H3/t19-/m1/s1. The van der Waals surface area contributed by atoms with Crippen molar-refractivity contribution in [1.29, 1.82) is 0 Å². The monoisotopic (exact) mass is 354 g/mol. The molecule has 1 spiro atoms. The van der Waals surface area contributed by atoms with Gasteiger partial charge < -0.3 is 14.3 Å². The molecule has 2 fully saturated rings. The fraction of sp³-hybridized carbons (Fsp3) is 0.474. The summed E-state index contributed by atoms with van der Waals surface area (Å²) >= 11 is 0. The smallest absolute Gasteiger partial charge is 0.259 e. The van der Waals surface area contributed by atoms with Crippen molar-refractivity contribution in [3.05, 3.63) is 47.6 Å². The van der Waals surface area contributed by atoms with E-state index in [4.69, 9.17) is 4.52 Å². The maximum atomic E-state index is 13.1. The van der Waals surface area contributed by atoms with Crippen LogP contribution in [-0.4, -0.2) is 51.4 Å². The molecule has 0 radical (unpaired) electrons. The molecule has 0 N–H and O–H groups in total. The molecule has 4 rings (SSSR count). The summed E-state index contributed by atoms with van der Waals surface area (Å²) in [5.74, 6) is 0.0667. The van der Waals surface area contributed by atoms with E-state index in [-0.39, 0.29) is 11.8 Å². The van der Waals surface area contributed by atoms with E-state index >= 15 is 0 Å². The molecule has 0 unspecified atom stereocenters. The zero-order chi connectivity index (χ0) is 18.1. The summed E-state index contributed by atoms with van der Waals surface area (Å²) in [6, 6.07) is 3.87. The first-order valence-electron chi connectivity index (χ1n) is 8.98. The average molecular weight is 354 g/mol. The van der Waals surface area contributed by atoms with E-state index in [1.54, 1.807) is 24.2 Å². The van der Waals surface area contributed by atoms with Crippen LogP contribution in [-0.2, 0) is 11.3 Å². The number of piperidine rings is 1. The Morgan fingerprint density at radius 3 is 2.81 bits per heavy atom. The zero-order valence-electron chi connectivity index (χ0n) is 14.9. The van der Waals surface area contributed by atoms with Crippen molar-refractivity contribution in [1.82, 2.24) is 19.9 Å². The van der Waals surface area contributed by atoms with Crippen LogP contribution in [0.25, 0.3) is 0 Å². The van der Waals surface area contributed by atoms with Crippen molar-refractivity contribution in [2.45, 2.75) is 32.7 Å². The molecule has 7 heteroatoms. The first kappa shape index (κ1) is 16.8. The number of aromatic nitrogens is 2. The van der Waals surface area contributed by atoms with Crippen LogP contribution < -0.4 is 0 Å². The molecule has 26 heavy (non-hydrogen) atoms. The molecule has 2 aromatic rings. The van der Waals surface area contributed by atoms with Gasteiger partial charge in [-0.25, -0.2) is 0 Å². The lowest BCUT2D eigenvalue weighted by atomic mass is 9.78. The van der Waals surface area contributed by atoms with Crippen LogP contribution in [0.4, 0.5) is 0 Å². The Morgan fingerprint density at radius 2 is 2.08 bits per heavy atom.